The maximum Gasteiger partial charge on any atom is 0.244 e. The number of benzene rings is 3. The van der Waals surface area contributed by atoms with Crippen LogP contribution in [0.15, 0.2) is 60.9 Å². The van der Waals surface area contributed by atoms with E-state index in [0.29, 0.717) is 47.1 Å². The summed E-state index contributed by atoms with van der Waals surface area (Å²) < 4.78 is 23.7. The lowest BCUT2D eigenvalue weighted by Gasteiger charge is -2.66. The molecule has 4 atom stereocenters. The van der Waals surface area contributed by atoms with Gasteiger partial charge in [-0.3, -0.25) is 24.5 Å². The van der Waals surface area contributed by atoms with E-state index in [4.69, 9.17) is 16.3 Å². The zero-order valence-electron chi connectivity index (χ0n) is 32.9. The van der Waals surface area contributed by atoms with Crippen LogP contribution in [-0.2, 0) is 16.1 Å². The van der Waals surface area contributed by atoms with Crippen molar-refractivity contribution in [2.75, 3.05) is 18.0 Å². The lowest BCUT2D eigenvalue weighted by Crippen LogP contribution is -2.74. The van der Waals surface area contributed by atoms with E-state index in [1.54, 1.807) is 29.1 Å². The van der Waals surface area contributed by atoms with Crippen molar-refractivity contribution < 1.29 is 34.0 Å². The second-order valence-electron chi connectivity index (χ2n) is 17.4. The molecule has 2 saturated heterocycles. The molecule has 5 heterocycles. The Labute approximate surface area is 345 Å². The minimum absolute atomic E-state index is 0.00640. The number of aromatic nitrogens is 2. The Bertz CT molecular complexity index is 2500. The van der Waals surface area contributed by atoms with Crippen LogP contribution in [-0.4, -0.2) is 78.0 Å². The van der Waals surface area contributed by atoms with Gasteiger partial charge in [0.2, 0.25) is 11.8 Å². The SMILES string of the molecule is CC1(C)C(Oc2ccc(C#N)c(Cl)c2)C(C)(C)C1N1Cc2cc(C#Cc3cnn(C4CN(c5cc6c(cc5F)[C@@H](O)N([C@@H]5CCC(=O)NC5=O)[C@@H]6O)C4)c3)ccc2[C@H]1O. The third kappa shape index (κ3) is 6.38. The second kappa shape index (κ2) is 14.2. The smallest absolute Gasteiger partial charge is 0.244 e. The molecule has 5 aliphatic rings. The van der Waals surface area contributed by atoms with Gasteiger partial charge >= 0.3 is 0 Å². The molecule has 0 spiro atoms. The summed E-state index contributed by atoms with van der Waals surface area (Å²) in [6.45, 7) is 10.1. The maximum atomic E-state index is 15.4. The molecule has 9 rings (SSSR count). The first kappa shape index (κ1) is 39.2. The summed E-state index contributed by atoms with van der Waals surface area (Å²) in [6.07, 6.45) is 0.0614. The Morgan fingerprint density at radius 2 is 1.64 bits per heavy atom. The minimum atomic E-state index is -1.40. The molecule has 304 valence electrons. The van der Waals surface area contributed by atoms with Crippen molar-refractivity contribution in [2.45, 2.75) is 90.0 Å². The monoisotopic (exact) mass is 819 g/mol. The van der Waals surface area contributed by atoms with Crippen LogP contribution < -0.4 is 15.0 Å². The summed E-state index contributed by atoms with van der Waals surface area (Å²) in [7, 11) is 0. The van der Waals surface area contributed by atoms with Crippen LogP contribution in [0.4, 0.5) is 10.1 Å². The van der Waals surface area contributed by atoms with Crippen LogP contribution in [0, 0.1) is 39.8 Å². The highest BCUT2D eigenvalue weighted by atomic mass is 35.5. The van der Waals surface area contributed by atoms with Crippen molar-refractivity contribution in [2.24, 2.45) is 10.8 Å². The molecule has 3 fully saturated rings. The predicted octanol–water partition coefficient (Wildman–Crippen LogP) is 4.80. The number of amides is 2. The molecule has 0 unspecified atom stereocenters. The number of hydrogen-bond acceptors (Lipinski definition) is 11. The molecule has 13 nitrogen and oxygen atoms in total. The number of halogens is 2. The minimum Gasteiger partial charge on any atom is -0.489 e. The molecule has 1 saturated carbocycles. The highest BCUT2D eigenvalue weighted by Crippen LogP contribution is 2.60. The molecular formula is C44H43ClFN7O6. The van der Waals surface area contributed by atoms with E-state index in [2.05, 4.69) is 60.9 Å². The number of ether oxygens (including phenoxy) is 1. The molecule has 15 heteroatoms. The van der Waals surface area contributed by atoms with E-state index in [1.807, 2.05) is 29.3 Å². The Hall–Kier alpha value is -5.32. The molecule has 2 amide bonds. The fourth-order valence-corrected chi connectivity index (χ4v) is 10.7. The largest absolute Gasteiger partial charge is 0.489 e. The Morgan fingerprint density at radius 1 is 0.932 bits per heavy atom. The summed E-state index contributed by atoms with van der Waals surface area (Å²) in [5, 5.41) is 50.0. The molecule has 0 radical (unpaired) electrons. The zero-order chi connectivity index (χ0) is 41.7. The number of aliphatic hydroxyl groups is 3. The Balaban J connectivity index is 0.835. The first-order valence-electron chi connectivity index (χ1n) is 19.6. The van der Waals surface area contributed by atoms with Crippen molar-refractivity contribution in [3.63, 3.8) is 0 Å². The summed E-state index contributed by atoms with van der Waals surface area (Å²) in [5.41, 5.74) is 3.90. The van der Waals surface area contributed by atoms with Crippen molar-refractivity contribution in [1.82, 2.24) is 24.9 Å². The first-order valence-corrected chi connectivity index (χ1v) is 20.0. The second-order valence-corrected chi connectivity index (χ2v) is 17.8. The lowest BCUT2D eigenvalue weighted by atomic mass is 9.49. The topological polar surface area (TPSA) is 167 Å². The van der Waals surface area contributed by atoms with Gasteiger partial charge in [-0.15, -0.1) is 0 Å². The number of nitrogens with zero attached hydrogens (tertiary/aromatic N) is 6. The van der Waals surface area contributed by atoms with Gasteiger partial charge in [0.1, 0.15) is 42.4 Å². The van der Waals surface area contributed by atoms with Gasteiger partial charge in [-0.2, -0.15) is 10.4 Å². The van der Waals surface area contributed by atoms with E-state index in [0.717, 1.165) is 16.7 Å². The van der Waals surface area contributed by atoms with Crippen molar-refractivity contribution in [3.8, 4) is 23.7 Å². The Kier molecular flexibility index (Phi) is 9.40. The average Bonchev–Trinajstić information content (AvgIpc) is 3.83. The van der Waals surface area contributed by atoms with Crippen molar-refractivity contribution in [1.29, 1.82) is 5.26 Å². The number of imide groups is 1. The fourth-order valence-electron chi connectivity index (χ4n) is 10.4. The van der Waals surface area contributed by atoms with E-state index >= 15 is 4.39 Å². The van der Waals surface area contributed by atoms with Crippen LogP contribution in [0.2, 0.25) is 5.02 Å². The van der Waals surface area contributed by atoms with Gasteiger partial charge in [0.05, 0.1) is 40.1 Å². The standard InChI is InChI=1S/C44H43ClFN7O6/c1-43(2)41(44(3,4)42(43)59-28-9-8-25(17-47)32(45)14-28)51-20-26-13-23(7-10-29(26)38(51)56)5-6-24-18-48-52(19-24)27-21-50(22-27)35-16-31-30(15-33(35)46)39(57)53(40(31)58)34-11-12-36(54)49-37(34)55/h7-10,13-16,18-19,27,34,38-42,56-58H,11-12,20-22H2,1-4H3,(H,49,54,55)/t34-,38-,39-,40-,41?,42?/m1/s1. The van der Waals surface area contributed by atoms with Crippen molar-refractivity contribution >= 4 is 29.1 Å². The van der Waals surface area contributed by atoms with Gasteiger partial charge in [0.25, 0.3) is 0 Å². The summed E-state index contributed by atoms with van der Waals surface area (Å²) in [4.78, 5) is 29.3. The van der Waals surface area contributed by atoms with E-state index in [-0.39, 0.29) is 53.1 Å². The van der Waals surface area contributed by atoms with Crippen LogP contribution in [0.5, 0.6) is 5.75 Å². The van der Waals surface area contributed by atoms with Gasteiger partial charge in [-0.05, 0) is 53.9 Å². The van der Waals surface area contributed by atoms with Crippen LogP contribution >= 0.6 is 11.6 Å². The number of aliphatic hydroxyl groups excluding tert-OH is 3. The normalized spacial score (nSPS) is 27.2. The summed E-state index contributed by atoms with van der Waals surface area (Å²) in [6, 6.07) is 14.8. The fraction of sp³-hybridized carbons (Fsp3) is 0.409. The number of hydrogen-bond donors (Lipinski definition) is 4. The number of nitrogens with one attached hydrogen (secondary N) is 1. The maximum absolute atomic E-state index is 15.4. The summed E-state index contributed by atoms with van der Waals surface area (Å²) in [5.74, 6) is 5.48. The number of carbonyl (C=O) groups is 2. The third-order valence-corrected chi connectivity index (χ3v) is 13.2. The van der Waals surface area contributed by atoms with E-state index in [9.17, 15) is 30.2 Å². The first-order chi connectivity index (χ1) is 28.1. The van der Waals surface area contributed by atoms with Crippen LogP contribution in [0.3, 0.4) is 0 Å². The molecule has 1 aromatic heterocycles. The number of nitriles is 1. The molecule has 1 aliphatic carbocycles. The van der Waals surface area contributed by atoms with Gasteiger partial charge in [0.15, 0.2) is 0 Å². The molecule has 59 heavy (non-hydrogen) atoms. The highest BCUT2D eigenvalue weighted by molar-refractivity contribution is 6.31. The molecular weight excluding hydrogens is 777 g/mol. The number of rotatable bonds is 6. The Morgan fingerprint density at radius 3 is 2.34 bits per heavy atom. The number of fused-ring (bicyclic) bond motifs is 2. The molecule has 3 aromatic carbocycles. The molecule has 4 N–H and O–H groups in total. The van der Waals surface area contributed by atoms with Gasteiger partial charge in [-0.1, -0.05) is 57.2 Å². The van der Waals surface area contributed by atoms with Gasteiger partial charge in [0, 0.05) is 71.9 Å². The zero-order valence-corrected chi connectivity index (χ0v) is 33.6. The molecule has 4 aliphatic heterocycles. The molecule has 4 aromatic rings. The third-order valence-electron chi connectivity index (χ3n) is 12.9. The number of piperidine rings is 1. The van der Waals surface area contributed by atoms with Crippen LogP contribution in [0.1, 0.15) is 104 Å². The lowest BCUT2D eigenvalue weighted by molar-refractivity contribution is -0.235. The summed E-state index contributed by atoms with van der Waals surface area (Å²) >= 11 is 6.29. The number of anilines is 1. The van der Waals surface area contributed by atoms with E-state index < -0.39 is 42.4 Å². The predicted molar refractivity (Wildman–Crippen MR) is 213 cm³/mol. The van der Waals surface area contributed by atoms with E-state index in [1.165, 1.54) is 17.0 Å². The average molecular weight is 820 g/mol. The quantitative estimate of drug-likeness (QED) is 0.156. The van der Waals surface area contributed by atoms with Crippen LogP contribution in [0.25, 0.3) is 0 Å². The van der Waals surface area contributed by atoms with Gasteiger partial charge < -0.3 is 25.0 Å². The molecule has 0 bridgehead atoms. The highest BCUT2D eigenvalue weighted by Gasteiger charge is 2.66. The number of carbonyl (C=O) groups excluding carboxylic acids is 2. The van der Waals surface area contributed by atoms with Crippen molar-refractivity contribution in [3.05, 3.63) is 111 Å². The van der Waals surface area contributed by atoms with Gasteiger partial charge in [-0.25, -0.2) is 9.29 Å².